The summed E-state index contributed by atoms with van der Waals surface area (Å²) in [7, 11) is 0. The van der Waals surface area contributed by atoms with Crippen molar-refractivity contribution in [1.82, 2.24) is 5.32 Å². The normalized spacial score (nSPS) is 12.7. The number of nitrogens with one attached hydrogen (secondary N) is 1. The van der Waals surface area contributed by atoms with Gasteiger partial charge in [-0.15, -0.1) is 0 Å². The fraction of sp³-hybridized carbons (Fsp3) is 0.941. The fourth-order valence-electron chi connectivity index (χ4n) is 2.39. The van der Waals surface area contributed by atoms with Gasteiger partial charge >= 0.3 is 0 Å². The van der Waals surface area contributed by atoms with Crippen LogP contribution in [-0.2, 0) is 4.79 Å². The molecule has 0 radical (unpaired) electrons. The predicted octanol–water partition coefficient (Wildman–Crippen LogP) is 4.01. The van der Waals surface area contributed by atoms with Gasteiger partial charge < -0.3 is 11.1 Å². The van der Waals surface area contributed by atoms with E-state index in [1.54, 1.807) is 0 Å². The van der Waals surface area contributed by atoms with E-state index in [1.165, 1.54) is 51.4 Å². The van der Waals surface area contributed by atoms with Crippen molar-refractivity contribution in [3.8, 4) is 0 Å². The van der Waals surface area contributed by atoms with Gasteiger partial charge in [0.25, 0.3) is 0 Å². The Morgan fingerprint density at radius 2 is 1.45 bits per heavy atom. The topological polar surface area (TPSA) is 55.1 Å². The van der Waals surface area contributed by atoms with E-state index in [0.29, 0.717) is 5.92 Å². The molecule has 1 atom stereocenters. The number of hydrogen-bond acceptors (Lipinski definition) is 2. The highest BCUT2D eigenvalue weighted by Gasteiger charge is 2.13. The number of rotatable bonds is 13. The average Bonchev–Trinajstić information content (AvgIpc) is 2.39. The van der Waals surface area contributed by atoms with Crippen LogP contribution in [0.4, 0.5) is 0 Å². The highest BCUT2D eigenvalue weighted by Crippen LogP contribution is 2.09. The standard InChI is InChI=1S/C17H36N2O/c1-4-5-6-7-8-9-10-11-12-13-19-17(20)16(18)14-15(2)3/h15-16H,4-14,18H2,1-3H3,(H,19,20). The maximum Gasteiger partial charge on any atom is 0.236 e. The Labute approximate surface area is 126 Å². The Morgan fingerprint density at radius 3 is 1.95 bits per heavy atom. The molecule has 0 aliphatic rings. The third-order valence-corrected chi connectivity index (χ3v) is 3.64. The van der Waals surface area contributed by atoms with E-state index in [2.05, 4.69) is 26.1 Å². The molecule has 3 heteroatoms. The first-order valence-corrected chi connectivity index (χ1v) is 8.61. The minimum Gasteiger partial charge on any atom is -0.355 e. The predicted molar refractivity (Wildman–Crippen MR) is 87.7 cm³/mol. The molecule has 0 heterocycles. The van der Waals surface area contributed by atoms with Gasteiger partial charge in [-0.05, 0) is 18.8 Å². The van der Waals surface area contributed by atoms with Crippen LogP contribution in [0.25, 0.3) is 0 Å². The van der Waals surface area contributed by atoms with Crippen LogP contribution < -0.4 is 11.1 Å². The molecule has 20 heavy (non-hydrogen) atoms. The van der Waals surface area contributed by atoms with E-state index >= 15 is 0 Å². The Bertz CT molecular complexity index is 229. The molecule has 0 aromatic carbocycles. The molecule has 3 nitrogen and oxygen atoms in total. The van der Waals surface area contributed by atoms with Gasteiger partial charge in [0.05, 0.1) is 6.04 Å². The summed E-state index contributed by atoms with van der Waals surface area (Å²) in [5.41, 5.74) is 5.83. The smallest absolute Gasteiger partial charge is 0.236 e. The molecule has 120 valence electrons. The first-order valence-electron chi connectivity index (χ1n) is 8.61. The molecule has 1 unspecified atom stereocenters. The number of unbranched alkanes of at least 4 members (excludes halogenated alkanes) is 8. The van der Waals surface area contributed by atoms with Gasteiger partial charge in [-0.25, -0.2) is 0 Å². The summed E-state index contributed by atoms with van der Waals surface area (Å²) in [4.78, 5) is 11.7. The van der Waals surface area contributed by atoms with Crippen molar-refractivity contribution in [2.24, 2.45) is 11.7 Å². The highest BCUT2D eigenvalue weighted by atomic mass is 16.2. The van der Waals surface area contributed by atoms with Crippen molar-refractivity contribution in [2.45, 2.75) is 91.0 Å². The van der Waals surface area contributed by atoms with E-state index in [4.69, 9.17) is 5.73 Å². The van der Waals surface area contributed by atoms with Crippen LogP contribution in [-0.4, -0.2) is 18.5 Å². The maximum absolute atomic E-state index is 11.7. The molecule has 0 rings (SSSR count). The number of amides is 1. The zero-order valence-corrected chi connectivity index (χ0v) is 13.9. The first-order chi connectivity index (χ1) is 9.57. The summed E-state index contributed by atoms with van der Waals surface area (Å²) < 4.78 is 0. The monoisotopic (exact) mass is 284 g/mol. The van der Waals surface area contributed by atoms with E-state index in [0.717, 1.165) is 19.4 Å². The summed E-state index contributed by atoms with van der Waals surface area (Å²) in [5, 5.41) is 2.94. The van der Waals surface area contributed by atoms with E-state index in [-0.39, 0.29) is 11.9 Å². The van der Waals surface area contributed by atoms with E-state index in [9.17, 15) is 4.79 Å². The molecule has 3 N–H and O–H groups in total. The van der Waals surface area contributed by atoms with Crippen molar-refractivity contribution in [3.63, 3.8) is 0 Å². The minimum atomic E-state index is -0.339. The summed E-state index contributed by atoms with van der Waals surface area (Å²) in [6.07, 6.45) is 12.5. The largest absolute Gasteiger partial charge is 0.355 e. The van der Waals surface area contributed by atoms with Gasteiger partial charge in [-0.1, -0.05) is 72.1 Å². The first kappa shape index (κ1) is 19.4. The molecule has 1 amide bonds. The summed E-state index contributed by atoms with van der Waals surface area (Å²) in [6, 6.07) is -0.339. The van der Waals surface area contributed by atoms with E-state index < -0.39 is 0 Å². The highest BCUT2D eigenvalue weighted by molar-refractivity contribution is 5.81. The van der Waals surface area contributed by atoms with Gasteiger partial charge in [-0.2, -0.15) is 0 Å². The Kier molecular flexibility index (Phi) is 13.0. The van der Waals surface area contributed by atoms with Crippen LogP contribution in [0.5, 0.6) is 0 Å². The van der Waals surface area contributed by atoms with Crippen LogP contribution in [0, 0.1) is 5.92 Å². The van der Waals surface area contributed by atoms with Crippen LogP contribution in [0.15, 0.2) is 0 Å². The minimum absolute atomic E-state index is 0.0123. The Balaban J connectivity index is 3.29. The van der Waals surface area contributed by atoms with Gasteiger partial charge in [0.2, 0.25) is 5.91 Å². The molecule has 0 aromatic rings. The zero-order chi connectivity index (χ0) is 15.2. The summed E-state index contributed by atoms with van der Waals surface area (Å²) in [6.45, 7) is 7.21. The van der Waals surface area contributed by atoms with Crippen molar-refractivity contribution in [3.05, 3.63) is 0 Å². The third kappa shape index (κ3) is 12.5. The number of carbonyl (C=O) groups excluding carboxylic acids is 1. The lowest BCUT2D eigenvalue weighted by molar-refractivity contribution is -0.122. The Morgan fingerprint density at radius 1 is 0.950 bits per heavy atom. The summed E-state index contributed by atoms with van der Waals surface area (Å²) >= 11 is 0. The molecule has 0 aliphatic heterocycles. The molecule has 0 aromatic heterocycles. The SMILES string of the molecule is CCCCCCCCCCCNC(=O)C(N)CC(C)C. The lowest BCUT2D eigenvalue weighted by Crippen LogP contribution is -2.41. The molecule has 0 bridgehead atoms. The zero-order valence-electron chi connectivity index (χ0n) is 13.9. The molecule has 0 saturated heterocycles. The van der Waals surface area contributed by atoms with Crippen molar-refractivity contribution in [2.75, 3.05) is 6.54 Å². The Hall–Kier alpha value is -0.570. The fourth-order valence-corrected chi connectivity index (χ4v) is 2.39. The van der Waals surface area contributed by atoms with E-state index in [1.807, 2.05) is 0 Å². The summed E-state index contributed by atoms with van der Waals surface area (Å²) in [5.74, 6) is 0.488. The lowest BCUT2D eigenvalue weighted by Gasteiger charge is -2.14. The molecule has 0 saturated carbocycles. The number of carbonyl (C=O) groups is 1. The van der Waals surface area contributed by atoms with Gasteiger partial charge in [0, 0.05) is 6.54 Å². The van der Waals surface area contributed by atoms with Crippen molar-refractivity contribution in [1.29, 1.82) is 0 Å². The molecule has 0 spiro atoms. The van der Waals surface area contributed by atoms with Crippen LogP contribution in [0.2, 0.25) is 0 Å². The van der Waals surface area contributed by atoms with Gasteiger partial charge in [0.1, 0.15) is 0 Å². The second-order valence-electron chi connectivity index (χ2n) is 6.36. The lowest BCUT2D eigenvalue weighted by atomic mass is 10.0. The van der Waals surface area contributed by atoms with Crippen LogP contribution >= 0.6 is 0 Å². The molecule has 0 fully saturated rings. The van der Waals surface area contributed by atoms with Crippen LogP contribution in [0.3, 0.4) is 0 Å². The van der Waals surface area contributed by atoms with Gasteiger partial charge in [-0.3, -0.25) is 4.79 Å². The second-order valence-corrected chi connectivity index (χ2v) is 6.36. The third-order valence-electron chi connectivity index (χ3n) is 3.64. The average molecular weight is 284 g/mol. The second kappa shape index (κ2) is 13.4. The number of nitrogens with two attached hydrogens (primary N) is 1. The van der Waals surface area contributed by atoms with Gasteiger partial charge in [0.15, 0.2) is 0 Å². The number of hydrogen-bond donors (Lipinski definition) is 2. The van der Waals surface area contributed by atoms with Crippen LogP contribution in [0.1, 0.15) is 85.0 Å². The maximum atomic E-state index is 11.7. The molecular formula is C17H36N2O. The molecule has 0 aliphatic carbocycles. The van der Waals surface area contributed by atoms with Crippen molar-refractivity contribution < 1.29 is 4.79 Å². The molecular weight excluding hydrogens is 248 g/mol. The van der Waals surface area contributed by atoms with Crippen molar-refractivity contribution >= 4 is 5.91 Å². The quantitative estimate of drug-likeness (QED) is 0.502.